The second kappa shape index (κ2) is 13.7. The number of thiophene rings is 1. The van der Waals surface area contributed by atoms with Crippen LogP contribution in [0.1, 0.15) is 150 Å². The molecule has 0 amide bonds. The first-order valence-electron chi connectivity index (χ1n) is 25.2. The number of anilines is 5. The van der Waals surface area contributed by atoms with E-state index in [4.69, 9.17) is 0 Å². The van der Waals surface area contributed by atoms with Gasteiger partial charge >= 0.3 is 0 Å². The van der Waals surface area contributed by atoms with Crippen LogP contribution in [0.5, 0.6) is 0 Å². The van der Waals surface area contributed by atoms with Crippen molar-refractivity contribution in [3.63, 3.8) is 0 Å². The summed E-state index contributed by atoms with van der Waals surface area (Å²) in [6, 6.07) is 43.8. The molecule has 340 valence electrons. The van der Waals surface area contributed by atoms with Crippen molar-refractivity contribution < 1.29 is 0 Å². The summed E-state index contributed by atoms with van der Waals surface area (Å²) in [5, 5.41) is 2.73. The Hall–Kier alpha value is -5.26. The zero-order valence-electron chi connectivity index (χ0n) is 42.5. The van der Waals surface area contributed by atoms with E-state index in [9.17, 15) is 0 Å². The van der Waals surface area contributed by atoms with Crippen LogP contribution >= 0.6 is 11.3 Å². The van der Waals surface area contributed by atoms with Gasteiger partial charge in [-0.25, -0.2) is 0 Å². The quantitative estimate of drug-likeness (QED) is 0.164. The Morgan fingerprint density at radius 3 is 1.70 bits per heavy atom. The van der Waals surface area contributed by atoms with Crippen molar-refractivity contribution in [2.75, 3.05) is 9.80 Å². The van der Waals surface area contributed by atoms with Crippen molar-refractivity contribution in [1.29, 1.82) is 0 Å². The number of benzene rings is 6. The molecule has 1 aliphatic carbocycles. The lowest BCUT2D eigenvalue weighted by Gasteiger charge is -2.52. The van der Waals surface area contributed by atoms with E-state index in [0.29, 0.717) is 0 Å². The molecule has 12 rings (SSSR count). The highest BCUT2D eigenvalue weighted by Gasteiger charge is 2.61. The van der Waals surface area contributed by atoms with E-state index in [1.807, 2.05) is 11.3 Å². The van der Waals surface area contributed by atoms with Crippen LogP contribution in [0.15, 0.2) is 109 Å². The van der Waals surface area contributed by atoms with E-state index in [2.05, 4.69) is 220 Å². The summed E-state index contributed by atoms with van der Waals surface area (Å²) in [5.41, 5.74) is 22.0. The minimum absolute atomic E-state index is 0.00208. The Kier molecular flexibility index (Phi) is 8.81. The zero-order chi connectivity index (χ0) is 47.1. The lowest BCUT2D eigenvalue weighted by molar-refractivity contribution is 0.195. The van der Waals surface area contributed by atoms with Crippen LogP contribution in [0.4, 0.5) is 28.4 Å². The van der Waals surface area contributed by atoms with Crippen molar-refractivity contribution in [2.24, 2.45) is 0 Å². The summed E-state index contributed by atoms with van der Waals surface area (Å²) in [6.07, 6.45) is 4.87. The molecule has 5 heterocycles. The number of hydrogen-bond acceptors (Lipinski definition) is 3. The van der Waals surface area contributed by atoms with Crippen LogP contribution in [0.2, 0.25) is 0 Å². The summed E-state index contributed by atoms with van der Waals surface area (Å²) in [4.78, 5) is 5.48. The first-order valence-corrected chi connectivity index (χ1v) is 26.0. The number of aromatic nitrogens is 1. The Morgan fingerprint density at radius 1 is 0.537 bits per heavy atom. The maximum absolute atomic E-state index is 2.92. The van der Waals surface area contributed by atoms with Crippen molar-refractivity contribution in [1.82, 2.24) is 4.57 Å². The molecule has 2 unspecified atom stereocenters. The van der Waals surface area contributed by atoms with Gasteiger partial charge in [0.05, 0.1) is 27.0 Å². The van der Waals surface area contributed by atoms with E-state index < -0.39 is 0 Å². The van der Waals surface area contributed by atoms with Crippen LogP contribution in [0, 0.1) is 0 Å². The Labute approximate surface area is 404 Å². The first kappa shape index (κ1) is 43.1. The van der Waals surface area contributed by atoms with Crippen molar-refractivity contribution in [2.45, 2.75) is 155 Å². The third kappa shape index (κ3) is 5.95. The van der Waals surface area contributed by atoms with Crippen molar-refractivity contribution in [3.05, 3.63) is 137 Å². The lowest BCUT2D eigenvalue weighted by atomic mass is 9.33. The summed E-state index contributed by atoms with van der Waals surface area (Å²) < 4.78 is 5.49. The van der Waals surface area contributed by atoms with Gasteiger partial charge in [-0.15, -0.1) is 11.3 Å². The van der Waals surface area contributed by atoms with Crippen molar-refractivity contribution >= 4 is 94.1 Å². The molecule has 0 saturated heterocycles. The van der Waals surface area contributed by atoms with Crippen molar-refractivity contribution in [3.8, 4) is 5.69 Å². The normalized spacial score (nSPS) is 19.9. The Bertz CT molecular complexity index is 3320. The zero-order valence-corrected chi connectivity index (χ0v) is 43.4. The number of nitrogens with zero attached hydrogens (tertiary/aromatic N) is 3. The average Bonchev–Trinajstić information content (AvgIpc) is 3.87. The fraction of sp³-hybridized carbons (Fsp3) is 0.387. The Morgan fingerprint density at radius 2 is 1.09 bits per heavy atom. The predicted octanol–water partition coefficient (Wildman–Crippen LogP) is 15.5. The number of hydrogen-bond donors (Lipinski definition) is 0. The number of rotatable bonds is 3. The highest BCUT2D eigenvalue weighted by molar-refractivity contribution is 7.26. The van der Waals surface area contributed by atoms with E-state index in [1.165, 1.54) is 123 Å². The molecule has 3 nitrogen and oxygen atoms in total. The topological polar surface area (TPSA) is 11.4 Å². The molecule has 4 aliphatic rings. The maximum atomic E-state index is 2.92. The van der Waals surface area contributed by atoms with Gasteiger partial charge in [0, 0.05) is 49.3 Å². The predicted molar refractivity (Wildman–Crippen MR) is 293 cm³/mol. The summed E-state index contributed by atoms with van der Waals surface area (Å²) in [6.45, 7) is 33.7. The molecule has 2 aromatic heterocycles. The summed E-state index contributed by atoms with van der Waals surface area (Å²) in [5.74, 6) is 0. The standard InChI is InChI=1S/C62H68BN3S/c1-57(2,3)37-21-25-41(26-22-37)64(42-27-23-38(24-28-42)58(4,5)6)43-35-49-52-50(36-43)66-55-46(61(13)29-17-18-30-62(61,66)14)32-40(60(10,11)12)34-48(55)63(52)47-33-39(59(7,8)9)31-45-53(47)65(49)54-44-19-15-16-20-51(44)67-56(45)54/h15-16,19-28,31-36H,17-18,29-30H2,1-14H3. The van der Waals surface area contributed by atoms with Gasteiger partial charge in [0.25, 0.3) is 6.71 Å². The molecule has 2 atom stereocenters. The van der Waals surface area contributed by atoms with Gasteiger partial charge in [-0.3, -0.25) is 0 Å². The second-order valence-corrected chi connectivity index (χ2v) is 26.5. The largest absolute Gasteiger partial charge is 0.335 e. The monoisotopic (exact) mass is 898 g/mol. The van der Waals surface area contributed by atoms with Gasteiger partial charge in [-0.05, 0) is 134 Å². The molecule has 0 spiro atoms. The molecular formula is C62H68BN3S. The van der Waals surface area contributed by atoms with Crippen LogP contribution in [-0.2, 0) is 27.1 Å². The van der Waals surface area contributed by atoms with E-state index in [0.717, 1.165) is 6.42 Å². The van der Waals surface area contributed by atoms with Gasteiger partial charge in [0.15, 0.2) is 0 Å². The molecule has 0 radical (unpaired) electrons. The highest BCUT2D eigenvalue weighted by atomic mass is 32.1. The maximum Gasteiger partial charge on any atom is 0.252 e. The third-order valence-electron chi connectivity index (χ3n) is 17.1. The molecule has 0 N–H and O–H groups in total. The lowest BCUT2D eigenvalue weighted by Crippen LogP contribution is -2.64. The molecule has 1 fully saturated rings. The Balaban J connectivity index is 1.26. The summed E-state index contributed by atoms with van der Waals surface area (Å²) >= 11 is 1.97. The van der Waals surface area contributed by atoms with Crippen LogP contribution in [-0.4, -0.2) is 16.8 Å². The molecular weight excluding hydrogens is 830 g/mol. The van der Waals surface area contributed by atoms with Gasteiger partial charge < -0.3 is 14.4 Å². The molecule has 5 heteroatoms. The average molecular weight is 898 g/mol. The van der Waals surface area contributed by atoms with Crippen LogP contribution in [0.25, 0.3) is 36.9 Å². The van der Waals surface area contributed by atoms with Crippen LogP contribution < -0.4 is 26.2 Å². The van der Waals surface area contributed by atoms with Gasteiger partial charge in [-0.2, -0.15) is 0 Å². The molecule has 6 aromatic carbocycles. The van der Waals surface area contributed by atoms with E-state index >= 15 is 0 Å². The fourth-order valence-corrected chi connectivity index (χ4v) is 14.2. The SMILES string of the molecule is CC(C)(C)c1ccc(N(c2ccc(C(C)(C)C)cc2)c2cc3c4c(c2)-n2c5c(cc(C(C)(C)C)cc5c5sc6ccccc6c52)B4c2cc(C(C)(C)C)cc4c2N3C2(C)CCCCC42C)cc1. The highest BCUT2D eigenvalue weighted by Crippen LogP contribution is 2.62. The molecule has 8 aromatic rings. The molecule has 1 saturated carbocycles. The van der Waals surface area contributed by atoms with Crippen LogP contribution in [0.3, 0.4) is 0 Å². The minimum Gasteiger partial charge on any atom is -0.335 e. The molecule has 0 bridgehead atoms. The minimum atomic E-state index is -0.103. The molecule has 3 aliphatic heterocycles. The van der Waals surface area contributed by atoms with E-state index in [-0.39, 0.29) is 39.3 Å². The van der Waals surface area contributed by atoms with E-state index in [1.54, 1.807) is 5.56 Å². The smallest absolute Gasteiger partial charge is 0.252 e. The summed E-state index contributed by atoms with van der Waals surface area (Å²) in [7, 11) is 0. The first-order chi connectivity index (χ1) is 31.5. The fourth-order valence-electron chi connectivity index (χ4n) is 13.0. The van der Waals surface area contributed by atoms with Gasteiger partial charge in [-0.1, -0.05) is 164 Å². The van der Waals surface area contributed by atoms with Gasteiger partial charge in [0.1, 0.15) is 0 Å². The third-order valence-corrected chi connectivity index (χ3v) is 18.3. The molecule has 67 heavy (non-hydrogen) atoms. The second-order valence-electron chi connectivity index (χ2n) is 25.4. The number of fused-ring (bicyclic) bond motifs is 12. The van der Waals surface area contributed by atoms with Gasteiger partial charge in [0.2, 0.25) is 0 Å².